The Labute approximate surface area is 136 Å². The maximum Gasteiger partial charge on any atom is 0.268 e. The van der Waals surface area contributed by atoms with Gasteiger partial charge < -0.3 is 37.7 Å². The summed E-state index contributed by atoms with van der Waals surface area (Å²) >= 11 is 0. The van der Waals surface area contributed by atoms with Crippen LogP contribution in [-0.4, -0.2) is 41.5 Å². The first-order valence-corrected chi connectivity index (χ1v) is 6.34. The maximum absolute atomic E-state index is 11.2. The Hall–Kier alpha value is -1.71. The molecule has 1 saturated heterocycles. The van der Waals surface area contributed by atoms with Crippen molar-refractivity contribution in [1.29, 1.82) is 0 Å². The Morgan fingerprint density at radius 3 is 2.91 bits per heavy atom. The molecule has 1 aliphatic heterocycles. The standard InChI is InChI=1S/C12H15N5O4.BrH/c13-11(20)7-2-1-3-17(5-7)12-8(4-15-16-14)10(19)9(6-18)21-12;/h1-3,5,8-10,12,18-19H,4,6H2,(H-,13,20);1H/t8-,9-,10+,12-;/m1./s1. The molecule has 9 nitrogen and oxygen atoms in total. The average molecular weight is 374 g/mol. The van der Waals surface area contributed by atoms with Crippen molar-refractivity contribution in [3.63, 3.8) is 0 Å². The molecular weight excluding hydrogens is 358 g/mol. The molecule has 0 aliphatic carbocycles. The molecule has 0 aromatic carbocycles. The zero-order valence-corrected chi connectivity index (χ0v) is 13.1. The number of aliphatic hydroxyl groups excluding tert-OH is 2. The van der Waals surface area contributed by atoms with Crippen molar-refractivity contribution in [1.82, 2.24) is 0 Å². The molecule has 1 aromatic rings. The van der Waals surface area contributed by atoms with E-state index in [4.69, 9.17) is 16.0 Å². The van der Waals surface area contributed by atoms with Crippen LogP contribution in [0.2, 0.25) is 0 Å². The first-order valence-electron chi connectivity index (χ1n) is 6.34. The van der Waals surface area contributed by atoms with Crippen LogP contribution in [0.5, 0.6) is 0 Å². The highest BCUT2D eigenvalue weighted by molar-refractivity contribution is 5.92. The third-order valence-electron chi connectivity index (χ3n) is 3.44. The highest BCUT2D eigenvalue weighted by atomic mass is 79.9. The predicted molar refractivity (Wildman–Crippen MR) is 69.7 cm³/mol. The molecule has 4 N–H and O–H groups in total. The first-order chi connectivity index (χ1) is 10.1. The Balaban J connectivity index is 0.00000242. The van der Waals surface area contributed by atoms with Crippen LogP contribution in [0.15, 0.2) is 29.6 Å². The number of nitrogens with two attached hydrogens (primary N) is 1. The van der Waals surface area contributed by atoms with Gasteiger partial charge in [0.25, 0.3) is 12.1 Å². The van der Waals surface area contributed by atoms with Crippen molar-refractivity contribution in [3.8, 4) is 0 Å². The summed E-state index contributed by atoms with van der Waals surface area (Å²) in [5.41, 5.74) is 13.9. The van der Waals surface area contributed by atoms with E-state index < -0.39 is 30.3 Å². The topological polar surface area (TPSA) is 145 Å². The number of hydrogen-bond donors (Lipinski definition) is 3. The lowest BCUT2D eigenvalue weighted by Gasteiger charge is -2.14. The number of halogens is 1. The van der Waals surface area contributed by atoms with Gasteiger partial charge in [-0.15, -0.1) is 0 Å². The molecule has 10 heteroatoms. The molecule has 0 unspecified atom stereocenters. The van der Waals surface area contributed by atoms with E-state index in [1.54, 1.807) is 22.9 Å². The SMILES string of the molecule is [Br-].[N-]=[N+]=NC[C@@H]1[C@H](O)[C@@H](CO)O[C@H]1[n+]1cccc(C(N)=O)c1. The number of primary amides is 1. The lowest BCUT2D eigenvalue weighted by Crippen LogP contribution is -3.00. The Kier molecular flexibility index (Phi) is 6.72. The van der Waals surface area contributed by atoms with Gasteiger partial charge in [-0.2, -0.15) is 4.57 Å². The third-order valence-corrected chi connectivity index (χ3v) is 3.44. The number of aliphatic hydroxyl groups is 2. The number of aromatic nitrogens is 1. The van der Waals surface area contributed by atoms with Crippen molar-refractivity contribution in [3.05, 3.63) is 40.5 Å². The second-order valence-corrected chi connectivity index (χ2v) is 4.72. The number of carbonyl (C=O) groups excluding carboxylic acids is 1. The van der Waals surface area contributed by atoms with Crippen LogP contribution < -0.4 is 27.3 Å². The minimum Gasteiger partial charge on any atom is -1.00 e. The predicted octanol–water partition coefficient (Wildman–Crippen LogP) is -3.75. The number of hydrogen-bond acceptors (Lipinski definition) is 5. The van der Waals surface area contributed by atoms with Crippen LogP contribution >= 0.6 is 0 Å². The largest absolute Gasteiger partial charge is 1.00 e. The van der Waals surface area contributed by atoms with Crippen molar-refractivity contribution in [2.75, 3.05) is 13.2 Å². The second-order valence-electron chi connectivity index (χ2n) is 4.72. The molecule has 0 saturated carbocycles. The lowest BCUT2D eigenvalue weighted by molar-refractivity contribution is -0.765. The Morgan fingerprint density at radius 2 is 2.32 bits per heavy atom. The zero-order valence-electron chi connectivity index (χ0n) is 11.5. The van der Waals surface area contributed by atoms with E-state index in [0.717, 1.165) is 0 Å². The van der Waals surface area contributed by atoms with Gasteiger partial charge in [0.2, 0.25) is 0 Å². The number of ether oxygens (including phenoxy) is 1. The molecule has 4 atom stereocenters. The summed E-state index contributed by atoms with van der Waals surface area (Å²) in [4.78, 5) is 13.9. The van der Waals surface area contributed by atoms with E-state index in [1.165, 1.54) is 6.20 Å². The summed E-state index contributed by atoms with van der Waals surface area (Å²) in [6.45, 7) is -0.354. The fraction of sp³-hybridized carbons (Fsp3) is 0.500. The second kappa shape index (κ2) is 8.06. The summed E-state index contributed by atoms with van der Waals surface area (Å²) in [5.74, 6) is -1.13. The first kappa shape index (κ1) is 18.3. The number of amides is 1. The molecule has 22 heavy (non-hydrogen) atoms. The minimum atomic E-state index is -0.977. The summed E-state index contributed by atoms with van der Waals surface area (Å²) < 4.78 is 7.15. The Bertz CT molecular complexity index is 580. The summed E-state index contributed by atoms with van der Waals surface area (Å²) in [6.07, 6.45) is 0.714. The molecular formula is C12H16BrN5O4. The van der Waals surface area contributed by atoms with E-state index >= 15 is 0 Å². The van der Waals surface area contributed by atoms with Crippen molar-refractivity contribution in [2.45, 2.75) is 18.4 Å². The monoisotopic (exact) mass is 373 g/mol. The zero-order chi connectivity index (χ0) is 15.4. The number of rotatable bonds is 5. The van der Waals surface area contributed by atoms with Gasteiger partial charge in [-0.25, -0.2) is 0 Å². The van der Waals surface area contributed by atoms with Crippen molar-refractivity contribution < 1.29 is 41.3 Å². The van der Waals surface area contributed by atoms with E-state index in [1.807, 2.05) is 0 Å². The fourth-order valence-corrected chi connectivity index (χ4v) is 2.37. The van der Waals surface area contributed by atoms with E-state index in [2.05, 4.69) is 10.0 Å². The van der Waals surface area contributed by atoms with Crippen LogP contribution in [0, 0.1) is 5.92 Å². The van der Waals surface area contributed by atoms with Gasteiger partial charge in [0.1, 0.15) is 11.7 Å². The average Bonchev–Trinajstić information content (AvgIpc) is 2.81. The molecule has 0 radical (unpaired) electrons. The molecule has 1 fully saturated rings. The quantitative estimate of drug-likeness (QED) is 0.210. The molecule has 2 rings (SSSR count). The van der Waals surface area contributed by atoms with Gasteiger partial charge in [-0.05, 0) is 11.6 Å². The minimum absolute atomic E-state index is 0. The molecule has 1 aromatic heterocycles. The van der Waals surface area contributed by atoms with Gasteiger partial charge in [0.15, 0.2) is 12.4 Å². The lowest BCUT2D eigenvalue weighted by atomic mass is 10.00. The van der Waals surface area contributed by atoms with Gasteiger partial charge in [0.05, 0.1) is 18.6 Å². The molecule has 1 aliphatic rings. The summed E-state index contributed by atoms with van der Waals surface area (Å²) in [7, 11) is 0. The fourth-order valence-electron chi connectivity index (χ4n) is 2.37. The Morgan fingerprint density at radius 1 is 1.59 bits per heavy atom. The van der Waals surface area contributed by atoms with Crippen LogP contribution in [-0.2, 0) is 4.74 Å². The van der Waals surface area contributed by atoms with E-state index in [0.29, 0.717) is 0 Å². The smallest absolute Gasteiger partial charge is 0.268 e. The molecule has 1 amide bonds. The van der Waals surface area contributed by atoms with Gasteiger partial charge in [0, 0.05) is 17.5 Å². The number of nitrogens with zero attached hydrogens (tertiary/aromatic N) is 4. The number of pyridine rings is 1. The van der Waals surface area contributed by atoms with Gasteiger partial charge in [-0.3, -0.25) is 4.79 Å². The highest BCUT2D eigenvalue weighted by Crippen LogP contribution is 2.31. The summed E-state index contributed by atoms with van der Waals surface area (Å²) in [5, 5.41) is 22.8. The van der Waals surface area contributed by atoms with Crippen LogP contribution in [0.1, 0.15) is 16.6 Å². The van der Waals surface area contributed by atoms with Crippen LogP contribution in [0.4, 0.5) is 0 Å². The van der Waals surface area contributed by atoms with Crippen LogP contribution in [0.3, 0.4) is 0 Å². The highest BCUT2D eigenvalue weighted by Gasteiger charge is 2.48. The van der Waals surface area contributed by atoms with E-state index in [-0.39, 0.29) is 35.7 Å². The van der Waals surface area contributed by atoms with Crippen molar-refractivity contribution >= 4 is 5.91 Å². The summed E-state index contributed by atoms with van der Waals surface area (Å²) in [6, 6.07) is 3.17. The molecule has 120 valence electrons. The number of azide groups is 1. The normalized spacial score (nSPS) is 26.8. The molecule has 0 spiro atoms. The number of carbonyl (C=O) groups is 1. The van der Waals surface area contributed by atoms with Gasteiger partial charge in [-0.1, -0.05) is 5.11 Å². The molecule has 2 heterocycles. The van der Waals surface area contributed by atoms with Gasteiger partial charge >= 0.3 is 0 Å². The maximum atomic E-state index is 11.2. The van der Waals surface area contributed by atoms with E-state index in [9.17, 15) is 15.0 Å². The van der Waals surface area contributed by atoms with Crippen molar-refractivity contribution in [2.24, 2.45) is 16.8 Å². The molecule has 0 bridgehead atoms. The third kappa shape index (κ3) is 3.73. The van der Waals surface area contributed by atoms with Crippen LogP contribution in [0.25, 0.3) is 10.4 Å².